The summed E-state index contributed by atoms with van der Waals surface area (Å²) in [4.78, 5) is 7.25. The van der Waals surface area contributed by atoms with Crippen molar-refractivity contribution in [3.63, 3.8) is 0 Å². The van der Waals surface area contributed by atoms with Crippen LogP contribution in [0.2, 0.25) is 4.34 Å². The molecule has 5 heteroatoms. The first kappa shape index (κ1) is 15.0. The molecule has 0 bridgehead atoms. The first-order valence-electron chi connectivity index (χ1n) is 6.51. The van der Waals surface area contributed by atoms with Crippen LogP contribution in [0.3, 0.4) is 0 Å². The molecule has 2 aromatic rings. The summed E-state index contributed by atoms with van der Waals surface area (Å²) in [5.41, 5.74) is 1.15. The van der Waals surface area contributed by atoms with E-state index < -0.39 is 0 Å². The van der Waals surface area contributed by atoms with Crippen molar-refractivity contribution in [2.45, 2.75) is 39.7 Å². The number of nitrogens with one attached hydrogen (secondary N) is 1. The van der Waals surface area contributed by atoms with Gasteiger partial charge in [0.15, 0.2) is 0 Å². The van der Waals surface area contributed by atoms with Gasteiger partial charge in [0.1, 0.15) is 0 Å². The summed E-state index contributed by atoms with van der Waals surface area (Å²) in [6.45, 7) is 7.41. The Hall–Kier alpha value is -0.420. The van der Waals surface area contributed by atoms with E-state index in [1.807, 2.05) is 6.07 Å². The number of thiazole rings is 1. The Morgan fingerprint density at radius 2 is 2.11 bits per heavy atom. The maximum Gasteiger partial charge on any atom is 0.0950 e. The smallest absolute Gasteiger partial charge is 0.0950 e. The number of hydrogen-bond acceptors (Lipinski definition) is 4. The number of thiophene rings is 1. The van der Waals surface area contributed by atoms with Gasteiger partial charge in [-0.25, -0.2) is 4.98 Å². The number of halogens is 1. The van der Waals surface area contributed by atoms with Gasteiger partial charge in [-0.15, -0.1) is 22.7 Å². The van der Waals surface area contributed by atoms with Crippen LogP contribution in [0, 0.1) is 13.8 Å². The average molecular weight is 315 g/mol. The summed E-state index contributed by atoms with van der Waals surface area (Å²) in [5, 5.41) is 4.80. The van der Waals surface area contributed by atoms with Gasteiger partial charge in [-0.3, -0.25) is 0 Å². The Morgan fingerprint density at radius 1 is 1.32 bits per heavy atom. The van der Waals surface area contributed by atoms with Gasteiger partial charge < -0.3 is 5.32 Å². The highest BCUT2D eigenvalue weighted by molar-refractivity contribution is 7.16. The third kappa shape index (κ3) is 4.02. The fraction of sp³-hybridized carbons (Fsp3) is 0.500. The molecule has 2 rings (SSSR count). The average Bonchev–Trinajstić information content (AvgIpc) is 2.92. The molecule has 0 aliphatic heterocycles. The number of rotatable bonds is 6. The van der Waals surface area contributed by atoms with Crippen molar-refractivity contribution >= 4 is 34.3 Å². The first-order valence-corrected chi connectivity index (χ1v) is 8.52. The van der Waals surface area contributed by atoms with E-state index in [9.17, 15) is 0 Å². The third-order valence-corrected chi connectivity index (χ3v) is 5.47. The molecule has 2 aromatic heterocycles. The Labute approximate surface area is 127 Å². The summed E-state index contributed by atoms with van der Waals surface area (Å²) in [7, 11) is 0. The van der Waals surface area contributed by atoms with Crippen molar-refractivity contribution in [2.75, 3.05) is 6.54 Å². The van der Waals surface area contributed by atoms with Crippen LogP contribution in [0.25, 0.3) is 0 Å². The molecular formula is C14H19ClN2S2. The van der Waals surface area contributed by atoms with Crippen LogP contribution in [0.4, 0.5) is 0 Å². The standard InChI is InChI=1S/C14H19ClN2S2/c1-4-7-16-11(12-5-6-13(15)19-12)8-14-17-9(2)10(3)18-14/h5-6,11,16H,4,7-8H2,1-3H3. The van der Waals surface area contributed by atoms with E-state index in [0.29, 0.717) is 6.04 Å². The molecule has 19 heavy (non-hydrogen) atoms. The zero-order chi connectivity index (χ0) is 13.8. The van der Waals surface area contributed by atoms with Crippen LogP contribution < -0.4 is 5.32 Å². The van der Waals surface area contributed by atoms with E-state index in [0.717, 1.165) is 29.4 Å². The second-order valence-electron chi connectivity index (χ2n) is 4.60. The molecule has 0 aliphatic carbocycles. The van der Waals surface area contributed by atoms with Gasteiger partial charge in [-0.05, 0) is 38.9 Å². The van der Waals surface area contributed by atoms with Crippen LogP contribution in [-0.4, -0.2) is 11.5 Å². The molecule has 0 saturated carbocycles. The second-order valence-corrected chi connectivity index (χ2v) is 7.64. The largest absolute Gasteiger partial charge is 0.309 e. The summed E-state index contributed by atoms with van der Waals surface area (Å²) < 4.78 is 0.852. The Bertz CT molecular complexity index is 514. The Balaban J connectivity index is 2.13. The monoisotopic (exact) mass is 314 g/mol. The molecule has 0 aliphatic rings. The SMILES string of the molecule is CCCNC(Cc1nc(C)c(C)s1)c1ccc(Cl)s1. The third-order valence-electron chi connectivity index (χ3n) is 3.03. The lowest BCUT2D eigenvalue weighted by molar-refractivity contribution is 0.535. The molecule has 104 valence electrons. The van der Waals surface area contributed by atoms with E-state index in [1.165, 1.54) is 14.8 Å². The Kier molecular flexibility index (Phi) is 5.39. The van der Waals surface area contributed by atoms with Crippen molar-refractivity contribution in [2.24, 2.45) is 0 Å². The van der Waals surface area contributed by atoms with Gasteiger partial charge in [0.25, 0.3) is 0 Å². The van der Waals surface area contributed by atoms with Gasteiger partial charge in [-0.2, -0.15) is 0 Å². The highest BCUT2D eigenvalue weighted by Crippen LogP contribution is 2.30. The van der Waals surface area contributed by atoms with Crippen LogP contribution in [0.15, 0.2) is 12.1 Å². The summed E-state index contributed by atoms with van der Waals surface area (Å²) in [5.74, 6) is 0. The molecule has 1 N–H and O–H groups in total. The number of aromatic nitrogens is 1. The van der Waals surface area contributed by atoms with Crippen molar-refractivity contribution in [1.29, 1.82) is 0 Å². The highest BCUT2D eigenvalue weighted by atomic mass is 35.5. The van der Waals surface area contributed by atoms with E-state index in [4.69, 9.17) is 11.6 Å². The maximum atomic E-state index is 6.05. The van der Waals surface area contributed by atoms with Gasteiger partial charge in [0.05, 0.1) is 15.0 Å². The minimum absolute atomic E-state index is 0.322. The maximum absolute atomic E-state index is 6.05. The zero-order valence-corrected chi connectivity index (χ0v) is 13.9. The molecule has 0 amide bonds. The minimum atomic E-state index is 0.322. The molecule has 0 aromatic carbocycles. The molecule has 2 nitrogen and oxygen atoms in total. The van der Waals surface area contributed by atoms with E-state index >= 15 is 0 Å². The molecule has 0 spiro atoms. The van der Waals surface area contributed by atoms with Gasteiger partial charge in [0.2, 0.25) is 0 Å². The molecule has 0 fully saturated rings. The zero-order valence-electron chi connectivity index (χ0n) is 11.5. The van der Waals surface area contributed by atoms with E-state index in [-0.39, 0.29) is 0 Å². The first-order chi connectivity index (χ1) is 9.10. The quantitative estimate of drug-likeness (QED) is 0.831. The molecule has 2 heterocycles. The van der Waals surface area contributed by atoms with Crippen LogP contribution in [-0.2, 0) is 6.42 Å². The van der Waals surface area contributed by atoms with Crippen molar-refractivity contribution in [1.82, 2.24) is 10.3 Å². The molecule has 0 saturated heterocycles. The van der Waals surface area contributed by atoms with Crippen molar-refractivity contribution in [3.05, 3.63) is 36.9 Å². The Morgan fingerprint density at radius 3 is 2.63 bits per heavy atom. The van der Waals surface area contributed by atoms with Gasteiger partial charge in [0, 0.05) is 22.2 Å². The topological polar surface area (TPSA) is 24.9 Å². The van der Waals surface area contributed by atoms with Crippen LogP contribution >= 0.6 is 34.3 Å². The number of hydrogen-bond donors (Lipinski definition) is 1. The van der Waals surface area contributed by atoms with E-state index in [1.54, 1.807) is 22.7 Å². The normalized spacial score (nSPS) is 12.8. The lowest BCUT2D eigenvalue weighted by Crippen LogP contribution is -2.23. The number of aryl methyl sites for hydroxylation is 2. The number of nitrogens with zero attached hydrogens (tertiary/aromatic N) is 1. The minimum Gasteiger partial charge on any atom is -0.309 e. The molecule has 0 radical (unpaired) electrons. The fourth-order valence-corrected chi connectivity index (χ4v) is 4.02. The van der Waals surface area contributed by atoms with Crippen LogP contribution in [0.1, 0.15) is 39.8 Å². The predicted octanol–water partition coefficient (Wildman–Crippen LogP) is 4.76. The molecule has 1 unspecified atom stereocenters. The molecule has 1 atom stereocenters. The van der Waals surface area contributed by atoms with E-state index in [2.05, 4.69) is 37.1 Å². The van der Waals surface area contributed by atoms with Crippen LogP contribution in [0.5, 0.6) is 0 Å². The summed E-state index contributed by atoms with van der Waals surface area (Å²) in [6, 6.07) is 4.41. The van der Waals surface area contributed by atoms with Gasteiger partial charge in [-0.1, -0.05) is 18.5 Å². The van der Waals surface area contributed by atoms with Crippen molar-refractivity contribution in [3.8, 4) is 0 Å². The summed E-state index contributed by atoms with van der Waals surface area (Å²) in [6.07, 6.45) is 2.07. The predicted molar refractivity (Wildman–Crippen MR) is 85.7 cm³/mol. The lowest BCUT2D eigenvalue weighted by atomic mass is 10.1. The second kappa shape index (κ2) is 6.84. The van der Waals surface area contributed by atoms with Crippen molar-refractivity contribution < 1.29 is 0 Å². The molecular weight excluding hydrogens is 296 g/mol. The summed E-state index contributed by atoms with van der Waals surface area (Å²) >= 11 is 9.50. The van der Waals surface area contributed by atoms with Gasteiger partial charge >= 0.3 is 0 Å². The highest BCUT2D eigenvalue weighted by Gasteiger charge is 2.16. The fourth-order valence-electron chi connectivity index (χ4n) is 1.91. The lowest BCUT2D eigenvalue weighted by Gasteiger charge is -2.15.